The summed E-state index contributed by atoms with van der Waals surface area (Å²) in [5.74, 6) is -0.159. The van der Waals surface area contributed by atoms with E-state index in [1.807, 2.05) is 48.5 Å². The van der Waals surface area contributed by atoms with Gasteiger partial charge in [0, 0.05) is 5.39 Å². The summed E-state index contributed by atoms with van der Waals surface area (Å²) in [6.45, 7) is 0.659. The molecular formula is C20H15NO3. The van der Waals surface area contributed by atoms with Gasteiger partial charge in [0.1, 0.15) is 12.4 Å². The number of ketones is 1. The van der Waals surface area contributed by atoms with Crippen molar-refractivity contribution in [1.82, 2.24) is 0 Å². The molecule has 0 bridgehead atoms. The van der Waals surface area contributed by atoms with Gasteiger partial charge in [0.2, 0.25) is 0 Å². The van der Waals surface area contributed by atoms with Crippen LogP contribution >= 0.6 is 0 Å². The Hall–Kier alpha value is -3.14. The Morgan fingerprint density at radius 3 is 2.50 bits per heavy atom. The van der Waals surface area contributed by atoms with Crippen molar-refractivity contribution in [3.8, 4) is 5.75 Å². The molecule has 3 aromatic carbocycles. The lowest BCUT2D eigenvalue weighted by molar-refractivity contribution is -0.114. The van der Waals surface area contributed by atoms with E-state index in [1.54, 1.807) is 18.2 Å². The number of para-hydroxylation sites is 1. The highest BCUT2D eigenvalue weighted by Crippen LogP contribution is 2.29. The fourth-order valence-electron chi connectivity index (χ4n) is 3.04. The van der Waals surface area contributed by atoms with Crippen LogP contribution in [0.15, 0.2) is 66.7 Å². The van der Waals surface area contributed by atoms with Crippen LogP contribution in [0.5, 0.6) is 5.75 Å². The smallest absolute Gasteiger partial charge is 0.299 e. The Morgan fingerprint density at radius 1 is 0.833 bits per heavy atom. The first-order chi connectivity index (χ1) is 11.8. The predicted molar refractivity (Wildman–Crippen MR) is 92.6 cm³/mol. The summed E-state index contributed by atoms with van der Waals surface area (Å²) in [6.07, 6.45) is 0. The molecule has 0 N–H and O–H groups in total. The van der Waals surface area contributed by atoms with E-state index in [-0.39, 0.29) is 0 Å². The molecule has 0 saturated heterocycles. The third-order valence-electron chi connectivity index (χ3n) is 4.20. The van der Waals surface area contributed by atoms with E-state index in [4.69, 9.17) is 4.74 Å². The minimum Gasteiger partial charge on any atom is -0.491 e. The van der Waals surface area contributed by atoms with Gasteiger partial charge in [-0.05, 0) is 23.6 Å². The number of benzene rings is 3. The van der Waals surface area contributed by atoms with Crippen LogP contribution in [0.2, 0.25) is 0 Å². The van der Waals surface area contributed by atoms with Crippen molar-refractivity contribution in [3.63, 3.8) is 0 Å². The molecule has 0 atom stereocenters. The quantitative estimate of drug-likeness (QED) is 0.692. The summed E-state index contributed by atoms with van der Waals surface area (Å²) < 4.78 is 5.87. The van der Waals surface area contributed by atoms with E-state index < -0.39 is 11.7 Å². The van der Waals surface area contributed by atoms with Crippen molar-refractivity contribution in [3.05, 3.63) is 72.3 Å². The molecule has 0 spiro atoms. The highest BCUT2D eigenvalue weighted by Gasteiger charge is 2.35. The van der Waals surface area contributed by atoms with Gasteiger partial charge in [-0.3, -0.25) is 9.59 Å². The van der Waals surface area contributed by atoms with Crippen LogP contribution in [-0.2, 0) is 4.79 Å². The molecule has 1 aliphatic rings. The molecule has 0 radical (unpaired) electrons. The van der Waals surface area contributed by atoms with Gasteiger partial charge in [0.05, 0.1) is 17.8 Å². The first-order valence-electron chi connectivity index (χ1n) is 7.81. The number of carbonyl (C=O) groups is 2. The SMILES string of the molecule is O=C1C(=O)N(CCOc2cccc3ccccc23)c2ccccc21. The van der Waals surface area contributed by atoms with E-state index in [0.717, 1.165) is 16.5 Å². The molecule has 0 fully saturated rings. The van der Waals surface area contributed by atoms with Crippen LogP contribution in [0, 0.1) is 0 Å². The van der Waals surface area contributed by atoms with Gasteiger partial charge in [-0.1, -0.05) is 48.5 Å². The molecule has 0 aromatic heterocycles. The number of rotatable bonds is 4. The molecule has 4 rings (SSSR count). The van der Waals surface area contributed by atoms with E-state index in [9.17, 15) is 9.59 Å². The van der Waals surface area contributed by atoms with E-state index in [0.29, 0.717) is 24.4 Å². The van der Waals surface area contributed by atoms with E-state index in [2.05, 4.69) is 0 Å². The lowest BCUT2D eigenvalue weighted by atomic mass is 10.1. The van der Waals surface area contributed by atoms with Gasteiger partial charge < -0.3 is 9.64 Å². The zero-order valence-corrected chi connectivity index (χ0v) is 12.9. The Kier molecular flexibility index (Phi) is 3.50. The number of amides is 1. The molecule has 1 aliphatic heterocycles. The maximum absolute atomic E-state index is 12.1. The second kappa shape index (κ2) is 5.81. The minimum absolute atomic E-state index is 0.321. The molecule has 1 amide bonds. The van der Waals surface area contributed by atoms with Crippen molar-refractivity contribution in [2.75, 3.05) is 18.1 Å². The summed E-state index contributed by atoms with van der Waals surface area (Å²) in [6, 6.07) is 20.9. The largest absolute Gasteiger partial charge is 0.491 e. The summed E-state index contributed by atoms with van der Waals surface area (Å²) in [7, 11) is 0. The van der Waals surface area contributed by atoms with Gasteiger partial charge in [0.15, 0.2) is 0 Å². The number of Topliss-reactive ketones (excluding diaryl/α,β-unsaturated/α-hetero) is 1. The van der Waals surface area contributed by atoms with E-state index >= 15 is 0 Å². The Bertz CT molecular complexity index is 943. The van der Waals surface area contributed by atoms with Crippen molar-refractivity contribution in [2.24, 2.45) is 0 Å². The zero-order chi connectivity index (χ0) is 16.5. The molecule has 0 unspecified atom stereocenters. The number of ether oxygens (including phenoxy) is 1. The first-order valence-corrected chi connectivity index (χ1v) is 7.81. The third-order valence-corrected chi connectivity index (χ3v) is 4.20. The molecule has 0 aliphatic carbocycles. The average Bonchev–Trinajstić information content (AvgIpc) is 2.87. The lowest BCUT2D eigenvalue weighted by Gasteiger charge is -2.17. The van der Waals surface area contributed by atoms with Crippen LogP contribution < -0.4 is 9.64 Å². The molecule has 1 heterocycles. The maximum Gasteiger partial charge on any atom is 0.299 e. The number of hydrogen-bond acceptors (Lipinski definition) is 3. The van der Waals surface area contributed by atoms with Crippen molar-refractivity contribution in [1.29, 1.82) is 0 Å². The van der Waals surface area contributed by atoms with Gasteiger partial charge in [-0.25, -0.2) is 0 Å². The van der Waals surface area contributed by atoms with Gasteiger partial charge in [-0.15, -0.1) is 0 Å². The van der Waals surface area contributed by atoms with Gasteiger partial charge in [-0.2, -0.15) is 0 Å². The van der Waals surface area contributed by atoms with Crippen LogP contribution in [0.25, 0.3) is 10.8 Å². The number of nitrogens with zero attached hydrogens (tertiary/aromatic N) is 1. The third kappa shape index (κ3) is 2.33. The average molecular weight is 317 g/mol. The molecule has 24 heavy (non-hydrogen) atoms. The Morgan fingerprint density at radius 2 is 1.58 bits per heavy atom. The molecule has 4 heteroatoms. The summed E-state index contributed by atoms with van der Waals surface area (Å²) in [5.41, 5.74) is 1.13. The topological polar surface area (TPSA) is 46.6 Å². The van der Waals surface area contributed by atoms with Crippen molar-refractivity contribution in [2.45, 2.75) is 0 Å². The zero-order valence-electron chi connectivity index (χ0n) is 12.9. The molecular weight excluding hydrogens is 302 g/mol. The minimum atomic E-state index is -0.488. The molecule has 118 valence electrons. The predicted octanol–water partition coefficient (Wildman–Crippen LogP) is 3.45. The lowest BCUT2D eigenvalue weighted by Crippen LogP contribution is -2.33. The van der Waals surface area contributed by atoms with Crippen LogP contribution in [-0.4, -0.2) is 24.8 Å². The van der Waals surface area contributed by atoms with Gasteiger partial charge in [0.25, 0.3) is 11.7 Å². The summed E-state index contributed by atoms with van der Waals surface area (Å²) in [4.78, 5) is 25.6. The highest BCUT2D eigenvalue weighted by atomic mass is 16.5. The van der Waals surface area contributed by atoms with Crippen LogP contribution in [0.4, 0.5) is 5.69 Å². The number of carbonyl (C=O) groups excluding carboxylic acids is 2. The van der Waals surface area contributed by atoms with E-state index in [1.165, 1.54) is 4.90 Å². The normalized spacial score (nSPS) is 13.4. The number of fused-ring (bicyclic) bond motifs is 2. The molecule has 4 nitrogen and oxygen atoms in total. The molecule has 3 aromatic rings. The second-order valence-corrected chi connectivity index (χ2v) is 5.63. The maximum atomic E-state index is 12.1. The number of hydrogen-bond donors (Lipinski definition) is 0. The van der Waals surface area contributed by atoms with Crippen molar-refractivity contribution < 1.29 is 14.3 Å². The fourth-order valence-corrected chi connectivity index (χ4v) is 3.04. The standard InChI is InChI=1S/C20H15NO3/c22-19-16-9-3-4-10-17(16)21(20(19)23)12-13-24-18-11-5-7-14-6-1-2-8-15(14)18/h1-11H,12-13H2. The highest BCUT2D eigenvalue weighted by molar-refractivity contribution is 6.52. The Balaban J connectivity index is 1.52. The summed E-state index contributed by atoms with van der Waals surface area (Å²) in [5, 5.41) is 2.14. The van der Waals surface area contributed by atoms with Crippen molar-refractivity contribution >= 4 is 28.2 Å². The molecule has 0 saturated carbocycles. The first kappa shape index (κ1) is 14.5. The Labute approximate surface area is 139 Å². The fraction of sp³-hybridized carbons (Fsp3) is 0.100. The van der Waals surface area contributed by atoms with Crippen LogP contribution in [0.3, 0.4) is 0 Å². The number of anilines is 1. The van der Waals surface area contributed by atoms with Gasteiger partial charge >= 0.3 is 0 Å². The second-order valence-electron chi connectivity index (χ2n) is 5.63. The summed E-state index contributed by atoms with van der Waals surface area (Å²) >= 11 is 0. The van der Waals surface area contributed by atoms with Crippen LogP contribution in [0.1, 0.15) is 10.4 Å². The monoisotopic (exact) mass is 317 g/mol.